The molecule has 0 atom stereocenters. The fourth-order valence-corrected chi connectivity index (χ4v) is 3.75. The van der Waals surface area contributed by atoms with E-state index in [1.54, 1.807) is 25.1 Å². The Morgan fingerprint density at radius 2 is 1.85 bits per heavy atom. The van der Waals surface area contributed by atoms with Crippen LogP contribution in [0.3, 0.4) is 0 Å². The standard InChI is InChI=1S/C17H18Cl2N2O4S/c1-4-25-16-13(19)6-5-7-14(16)20-17(22)11-8-9-12(18)15(10-11)26(23,24)21(2)3/h5-10H,4H2,1-3H3,(H,20,22). The van der Waals surface area contributed by atoms with Crippen LogP contribution in [0.1, 0.15) is 17.3 Å². The number of ether oxygens (including phenoxy) is 1. The molecule has 2 rings (SSSR count). The Kier molecular flexibility index (Phi) is 6.52. The topological polar surface area (TPSA) is 75.7 Å². The van der Waals surface area contributed by atoms with Crippen LogP contribution < -0.4 is 10.1 Å². The monoisotopic (exact) mass is 416 g/mol. The molecule has 9 heteroatoms. The van der Waals surface area contributed by atoms with E-state index in [2.05, 4.69) is 5.32 Å². The molecular formula is C17H18Cl2N2O4S. The van der Waals surface area contributed by atoms with Crippen molar-refractivity contribution in [2.75, 3.05) is 26.0 Å². The SMILES string of the molecule is CCOc1c(Cl)cccc1NC(=O)c1ccc(Cl)c(S(=O)(=O)N(C)C)c1. The van der Waals surface area contributed by atoms with Crippen LogP contribution in [-0.4, -0.2) is 39.3 Å². The largest absolute Gasteiger partial charge is 0.490 e. The van der Waals surface area contributed by atoms with E-state index in [4.69, 9.17) is 27.9 Å². The molecule has 0 spiro atoms. The van der Waals surface area contributed by atoms with Gasteiger partial charge in [-0.1, -0.05) is 29.3 Å². The zero-order chi connectivity index (χ0) is 19.5. The van der Waals surface area contributed by atoms with E-state index in [0.717, 1.165) is 4.31 Å². The minimum absolute atomic E-state index is 0.0352. The molecule has 0 aliphatic heterocycles. The molecule has 0 fully saturated rings. The van der Waals surface area contributed by atoms with Crippen molar-refractivity contribution in [3.8, 4) is 5.75 Å². The van der Waals surface area contributed by atoms with Crippen LogP contribution in [0.2, 0.25) is 10.0 Å². The molecule has 140 valence electrons. The number of sulfonamides is 1. The zero-order valence-corrected chi connectivity index (χ0v) is 16.7. The highest BCUT2D eigenvalue weighted by Crippen LogP contribution is 2.33. The molecule has 0 heterocycles. The molecule has 1 N–H and O–H groups in total. The first-order valence-corrected chi connectivity index (χ1v) is 9.82. The average Bonchev–Trinajstić information content (AvgIpc) is 2.58. The van der Waals surface area contributed by atoms with Crippen LogP contribution in [0.5, 0.6) is 5.75 Å². The van der Waals surface area contributed by atoms with Gasteiger partial charge in [0.05, 0.1) is 22.3 Å². The summed E-state index contributed by atoms with van der Waals surface area (Å²) < 4.78 is 31.2. The number of rotatable bonds is 6. The molecule has 1 amide bonds. The summed E-state index contributed by atoms with van der Waals surface area (Å²) in [6, 6.07) is 9.00. The number of nitrogens with zero attached hydrogens (tertiary/aromatic N) is 1. The highest BCUT2D eigenvalue weighted by atomic mass is 35.5. The molecule has 26 heavy (non-hydrogen) atoms. The maximum atomic E-state index is 12.6. The predicted octanol–water partition coefficient (Wildman–Crippen LogP) is 3.89. The van der Waals surface area contributed by atoms with Gasteiger partial charge in [-0.2, -0.15) is 0 Å². The molecule has 0 bridgehead atoms. The minimum Gasteiger partial charge on any atom is -0.490 e. The van der Waals surface area contributed by atoms with Gasteiger partial charge >= 0.3 is 0 Å². The van der Waals surface area contributed by atoms with E-state index in [1.807, 2.05) is 0 Å². The van der Waals surface area contributed by atoms with Gasteiger partial charge in [0, 0.05) is 19.7 Å². The van der Waals surface area contributed by atoms with E-state index in [-0.39, 0.29) is 15.5 Å². The number of amides is 1. The fraction of sp³-hybridized carbons (Fsp3) is 0.235. The predicted molar refractivity (Wildman–Crippen MR) is 103 cm³/mol. The Morgan fingerprint density at radius 1 is 1.15 bits per heavy atom. The Labute approximate surface area is 162 Å². The van der Waals surface area contributed by atoms with E-state index in [9.17, 15) is 13.2 Å². The average molecular weight is 417 g/mol. The van der Waals surface area contributed by atoms with Crippen molar-refractivity contribution < 1.29 is 17.9 Å². The lowest BCUT2D eigenvalue weighted by Gasteiger charge is -2.15. The number of nitrogens with one attached hydrogen (secondary N) is 1. The van der Waals surface area contributed by atoms with Crippen LogP contribution in [0.15, 0.2) is 41.3 Å². The highest BCUT2D eigenvalue weighted by Gasteiger charge is 2.23. The molecule has 0 aliphatic carbocycles. The quantitative estimate of drug-likeness (QED) is 0.774. The summed E-state index contributed by atoms with van der Waals surface area (Å²) in [5.74, 6) is -0.166. The number of hydrogen-bond acceptors (Lipinski definition) is 4. The number of halogens is 2. The summed E-state index contributed by atoms with van der Waals surface area (Å²) in [6.45, 7) is 2.17. The Hall–Kier alpha value is -1.80. The molecule has 2 aromatic carbocycles. The lowest BCUT2D eigenvalue weighted by Crippen LogP contribution is -2.23. The highest BCUT2D eigenvalue weighted by molar-refractivity contribution is 7.89. The molecule has 0 aliphatic rings. The van der Waals surface area contributed by atoms with E-state index < -0.39 is 15.9 Å². The van der Waals surface area contributed by atoms with Gasteiger partial charge in [-0.3, -0.25) is 4.79 Å². The van der Waals surface area contributed by atoms with Crippen molar-refractivity contribution in [1.29, 1.82) is 0 Å². The number of carbonyl (C=O) groups is 1. The van der Waals surface area contributed by atoms with Crippen LogP contribution in [0, 0.1) is 0 Å². The number of hydrogen-bond donors (Lipinski definition) is 1. The normalized spacial score (nSPS) is 11.5. The van der Waals surface area contributed by atoms with E-state index in [1.165, 1.54) is 32.3 Å². The van der Waals surface area contributed by atoms with Crippen LogP contribution >= 0.6 is 23.2 Å². The fourth-order valence-electron chi connectivity index (χ4n) is 2.13. The Morgan fingerprint density at radius 3 is 2.46 bits per heavy atom. The lowest BCUT2D eigenvalue weighted by atomic mass is 10.2. The number of benzene rings is 2. The second-order valence-corrected chi connectivity index (χ2v) is 8.37. The van der Waals surface area contributed by atoms with Crippen molar-refractivity contribution in [2.24, 2.45) is 0 Å². The summed E-state index contributed by atoms with van der Waals surface area (Å²) in [7, 11) is -1.01. The molecule has 0 aromatic heterocycles. The molecule has 2 aromatic rings. The van der Waals surface area contributed by atoms with Gasteiger partial charge in [0.1, 0.15) is 4.90 Å². The molecule has 0 radical (unpaired) electrons. The zero-order valence-electron chi connectivity index (χ0n) is 14.4. The van der Waals surface area contributed by atoms with E-state index >= 15 is 0 Å². The van der Waals surface area contributed by atoms with Crippen molar-refractivity contribution >= 4 is 44.8 Å². The summed E-state index contributed by atoms with van der Waals surface area (Å²) in [5.41, 5.74) is 0.522. The third kappa shape index (κ3) is 4.29. The van der Waals surface area contributed by atoms with Crippen LogP contribution in [-0.2, 0) is 10.0 Å². The molecule has 0 unspecified atom stereocenters. The smallest absolute Gasteiger partial charge is 0.255 e. The van der Waals surface area contributed by atoms with Gasteiger partial charge < -0.3 is 10.1 Å². The third-order valence-corrected chi connectivity index (χ3v) is 6.05. The van der Waals surface area contributed by atoms with Crippen molar-refractivity contribution in [3.63, 3.8) is 0 Å². The second kappa shape index (κ2) is 8.26. The first-order chi connectivity index (χ1) is 12.2. The first-order valence-electron chi connectivity index (χ1n) is 7.63. The van der Waals surface area contributed by atoms with Crippen molar-refractivity contribution in [2.45, 2.75) is 11.8 Å². The number of para-hydroxylation sites is 1. The number of carbonyl (C=O) groups excluding carboxylic acids is 1. The summed E-state index contributed by atoms with van der Waals surface area (Å²) in [4.78, 5) is 12.4. The van der Waals surface area contributed by atoms with Gasteiger partial charge in [-0.25, -0.2) is 12.7 Å². The molecule has 6 nitrogen and oxygen atoms in total. The first kappa shape index (κ1) is 20.5. The van der Waals surface area contributed by atoms with Gasteiger partial charge in [0.25, 0.3) is 5.91 Å². The second-order valence-electron chi connectivity index (χ2n) is 5.44. The van der Waals surface area contributed by atoms with Crippen LogP contribution in [0.4, 0.5) is 5.69 Å². The molecule has 0 saturated heterocycles. The number of anilines is 1. The lowest BCUT2D eigenvalue weighted by molar-refractivity contribution is 0.102. The minimum atomic E-state index is -3.78. The summed E-state index contributed by atoms with van der Waals surface area (Å²) in [6.07, 6.45) is 0. The molecule has 0 saturated carbocycles. The third-order valence-electron chi connectivity index (χ3n) is 3.46. The molecular weight excluding hydrogens is 399 g/mol. The Balaban J connectivity index is 2.39. The van der Waals surface area contributed by atoms with Gasteiger partial charge in [-0.15, -0.1) is 0 Å². The summed E-state index contributed by atoms with van der Waals surface area (Å²) in [5, 5.41) is 3.07. The van der Waals surface area contributed by atoms with Gasteiger partial charge in [-0.05, 0) is 37.3 Å². The van der Waals surface area contributed by atoms with Gasteiger partial charge in [0.2, 0.25) is 10.0 Å². The maximum absolute atomic E-state index is 12.6. The van der Waals surface area contributed by atoms with Crippen molar-refractivity contribution in [1.82, 2.24) is 4.31 Å². The Bertz CT molecular complexity index is 930. The maximum Gasteiger partial charge on any atom is 0.255 e. The van der Waals surface area contributed by atoms with Crippen molar-refractivity contribution in [3.05, 3.63) is 52.0 Å². The van der Waals surface area contributed by atoms with E-state index in [0.29, 0.717) is 23.1 Å². The van der Waals surface area contributed by atoms with Crippen LogP contribution in [0.25, 0.3) is 0 Å². The van der Waals surface area contributed by atoms with Gasteiger partial charge in [0.15, 0.2) is 5.75 Å². The summed E-state index contributed by atoms with van der Waals surface area (Å²) >= 11 is 12.1.